The lowest BCUT2D eigenvalue weighted by molar-refractivity contribution is 0.0937. The van der Waals surface area contributed by atoms with Crippen LogP contribution in [0.3, 0.4) is 0 Å². The molecule has 4 heteroatoms. The molecule has 5 rings (SSSR count). The molecule has 3 nitrogen and oxygen atoms in total. The second-order valence-corrected chi connectivity index (χ2v) is 7.22. The number of nitrogens with one attached hydrogen (secondary N) is 2. The van der Waals surface area contributed by atoms with Gasteiger partial charge in [-0.3, -0.25) is 4.79 Å². The van der Waals surface area contributed by atoms with Crippen molar-refractivity contribution >= 4 is 33.0 Å². The van der Waals surface area contributed by atoms with Crippen molar-refractivity contribution in [1.29, 1.82) is 0 Å². The number of anilines is 1. The van der Waals surface area contributed by atoms with E-state index in [0.29, 0.717) is 0 Å². The van der Waals surface area contributed by atoms with Crippen LogP contribution in [0.25, 0.3) is 21.9 Å². The van der Waals surface area contributed by atoms with Crippen LogP contribution in [0.15, 0.2) is 78.2 Å². The van der Waals surface area contributed by atoms with Crippen molar-refractivity contribution in [1.82, 2.24) is 5.32 Å². The average molecular weight is 356 g/mol. The zero-order valence-electron chi connectivity index (χ0n) is 13.9. The third-order valence-corrected chi connectivity index (χ3v) is 5.70. The van der Waals surface area contributed by atoms with Gasteiger partial charge in [-0.15, -0.1) is 11.3 Å². The Balaban J connectivity index is 1.58. The highest BCUT2D eigenvalue weighted by atomic mass is 32.1. The first-order chi connectivity index (χ1) is 12.8. The van der Waals surface area contributed by atoms with Gasteiger partial charge in [-0.1, -0.05) is 72.8 Å². The molecule has 2 N–H and O–H groups in total. The average Bonchev–Trinajstić information content (AvgIpc) is 3.13. The maximum atomic E-state index is 12.9. The summed E-state index contributed by atoms with van der Waals surface area (Å²) in [5, 5.41) is 11.9. The van der Waals surface area contributed by atoms with Gasteiger partial charge in [-0.25, -0.2) is 0 Å². The van der Waals surface area contributed by atoms with Gasteiger partial charge in [0.2, 0.25) is 0 Å². The van der Waals surface area contributed by atoms with E-state index in [4.69, 9.17) is 0 Å². The molecular formula is C22H16N2OS. The zero-order valence-corrected chi connectivity index (χ0v) is 14.7. The molecule has 1 amide bonds. The van der Waals surface area contributed by atoms with E-state index in [1.165, 1.54) is 5.39 Å². The number of rotatable bonds is 2. The van der Waals surface area contributed by atoms with E-state index in [2.05, 4.69) is 40.3 Å². The van der Waals surface area contributed by atoms with Crippen LogP contribution in [0.5, 0.6) is 0 Å². The molecule has 0 bridgehead atoms. The largest absolute Gasteiger partial charge is 0.353 e. The first-order valence-electron chi connectivity index (χ1n) is 8.53. The number of thiophene rings is 1. The normalized spacial score (nSPS) is 16.0. The lowest BCUT2D eigenvalue weighted by Crippen LogP contribution is -2.38. The summed E-state index contributed by atoms with van der Waals surface area (Å²) < 4.78 is 0. The Bertz CT molecular complexity index is 1110. The number of hydrogen-bond donors (Lipinski definition) is 2. The maximum Gasteiger partial charge on any atom is 0.256 e. The number of hydrogen-bond acceptors (Lipinski definition) is 3. The fourth-order valence-electron chi connectivity index (χ4n) is 3.55. The Morgan fingerprint density at radius 1 is 0.808 bits per heavy atom. The van der Waals surface area contributed by atoms with Crippen LogP contribution < -0.4 is 10.6 Å². The first-order valence-corrected chi connectivity index (χ1v) is 9.41. The number of benzene rings is 3. The van der Waals surface area contributed by atoms with E-state index in [1.54, 1.807) is 11.3 Å². The lowest BCUT2D eigenvalue weighted by Gasteiger charge is -2.27. The molecule has 3 aromatic carbocycles. The molecule has 0 saturated heterocycles. The summed E-state index contributed by atoms with van der Waals surface area (Å²) in [6.45, 7) is 0. The lowest BCUT2D eigenvalue weighted by atomic mass is 9.99. The molecule has 126 valence electrons. The van der Waals surface area contributed by atoms with Gasteiger partial charge in [0, 0.05) is 16.5 Å². The molecule has 0 spiro atoms. The SMILES string of the molecule is O=C1NC(c2cccc3ccccc23)Nc2scc(-c3ccccc3)c21. The van der Waals surface area contributed by atoms with Gasteiger partial charge in [-0.05, 0) is 16.3 Å². The minimum Gasteiger partial charge on any atom is -0.353 e. The minimum atomic E-state index is -0.233. The predicted molar refractivity (Wildman–Crippen MR) is 108 cm³/mol. The van der Waals surface area contributed by atoms with Crippen molar-refractivity contribution in [2.24, 2.45) is 0 Å². The van der Waals surface area contributed by atoms with E-state index in [-0.39, 0.29) is 12.1 Å². The summed E-state index contributed by atoms with van der Waals surface area (Å²) in [7, 11) is 0. The highest BCUT2D eigenvalue weighted by molar-refractivity contribution is 7.15. The Kier molecular flexibility index (Phi) is 3.50. The van der Waals surface area contributed by atoms with Crippen LogP contribution in [0.1, 0.15) is 22.1 Å². The Morgan fingerprint density at radius 2 is 1.58 bits per heavy atom. The zero-order chi connectivity index (χ0) is 17.5. The second kappa shape index (κ2) is 6.00. The van der Waals surface area contributed by atoms with Gasteiger partial charge < -0.3 is 10.6 Å². The van der Waals surface area contributed by atoms with Crippen LogP contribution in [0.4, 0.5) is 5.00 Å². The minimum absolute atomic E-state index is 0.0308. The maximum absolute atomic E-state index is 12.9. The van der Waals surface area contributed by atoms with E-state index >= 15 is 0 Å². The number of carbonyl (C=O) groups is 1. The van der Waals surface area contributed by atoms with Crippen LogP contribution >= 0.6 is 11.3 Å². The van der Waals surface area contributed by atoms with Gasteiger partial charge in [0.25, 0.3) is 5.91 Å². The molecule has 4 aromatic rings. The Labute approximate surface area is 155 Å². The van der Waals surface area contributed by atoms with Crippen LogP contribution in [-0.4, -0.2) is 5.91 Å². The summed E-state index contributed by atoms with van der Waals surface area (Å²) in [6.07, 6.45) is -0.233. The summed E-state index contributed by atoms with van der Waals surface area (Å²) in [6, 6.07) is 24.5. The third kappa shape index (κ3) is 2.38. The van der Waals surface area contributed by atoms with Crippen molar-refractivity contribution in [3.8, 4) is 11.1 Å². The molecule has 26 heavy (non-hydrogen) atoms. The number of fused-ring (bicyclic) bond motifs is 2. The molecule has 0 aliphatic carbocycles. The highest BCUT2D eigenvalue weighted by Crippen LogP contribution is 2.40. The second-order valence-electron chi connectivity index (χ2n) is 6.34. The van der Waals surface area contributed by atoms with Crippen molar-refractivity contribution < 1.29 is 4.79 Å². The van der Waals surface area contributed by atoms with E-state index in [0.717, 1.165) is 32.6 Å². The topological polar surface area (TPSA) is 41.1 Å². The van der Waals surface area contributed by atoms with Gasteiger partial charge in [0.15, 0.2) is 0 Å². The first kappa shape index (κ1) is 15.2. The summed E-state index contributed by atoms with van der Waals surface area (Å²) >= 11 is 1.58. The van der Waals surface area contributed by atoms with Crippen LogP contribution in [0, 0.1) is 0 Å². The molecule has 1 aromatic heterocycles. The Morgan fingerprint density at radius 3 is 2.46 bits per heavy atom. The number of carbonyl (C=O) groups excluding carboxylic acids is 1. The number of amides is 1. The van der Waals surface area contributed by atoms with E-state index in [1.807, 2.05) is 48.5 Å². The fraction of sp³-hybridized carbons (Fsp3) is 0.0455. The van der Waals surface area contributed by atoms with E-state index in [9.17, 15) is 4.79 Å². The smallest absolute Gasteiger partial charge is 0.256 e. The van der Waals surface area contributed by atoms with Gasteiger partial charge >= 0.3 is 0 Å². The quantitative estimate of drug-likeness (QED) is 0.503. The molecule has 0 saturated carbocycles. The predicted octanol–water partition coefficient (Wildman–Crippen LogP) is 5.42. The Hall–Kier alpha value is -3.11. The van der Waals surface area contributed by atoms with Crippen LogP contribution in [0.2, 0.25) is 0 Å². The molecule has 2 heterocycles. The van der Waals surface area contributed by atoms with E-state index < -0.39 is 0 Å². The summed E-state index contributed by atoms with van der Waals surface area (Å²) in [5.74, 6) is -0.0308. The third-order valence-electron chi connectivity index (χ3n) is 4.79. The van der Waals surface area contributed by atoms with Crippen molar-refractivity contribution in [3.63, 3.8) is 0 Å². The van der Waals surface area contributed by atoms with Gasteiger partial charge in [0.1, 0.15) is 11.2 Å². The molecule has 1 atom stereocenters. The molecule has 0 radical (unpaired) electrons. The van der Waals surface area contributed by atoms with Crippen molar-refractivity contribution in [2.45, 2.75) is 6.17 Å². The van der Waals surface area contributed by atoms with Crippen molar-refractivity contribution in [3.05, 3.63) is 89.3 Å². The molecule has 1 aliphatic heterocycles. The van der Waals surface area contributed by atoms with Gasteiger partial charge in [-0.2, -0.15) is 0 Å². The fourth-order valence-corrected chi connectivity index (χ4v) is 4.54. The standard InChI is InChI=1S/C22H16N2OS/c25-21-19-18(15-7-2-1-3-8-15)13-26-22(19)24-20(23-21)17-12-6-10-14-9-4-5-11-16(14)17/h1-13,20,24H,(H,23,25). The summed E-state index contributed by atoms with van der Waals surface area (Å²) in [5.41, 5.74) is 3.85. The van der Waals surface area contributed by atoms with Crippen molar-refractivity contribution in [2.75, 3.05) is 5.32 Å². The monoisotopic (exact) mass is 356 g/mol. The molecule has 0 fully saturated rings. The molecular weight excluding hydrogens is 340 g/mol. The van der Waals surface area contributed by atoms with Crippen LogP contribution in [-0.2, 0) is 0 Å². The highest BCUT2D eigenvalue weighted by Gasteiger charge is 2.29. The molecule has 1 unspecified atom stereocenters. The molecule has 1 aliphatic rings. The van der Waals surface area contributed by atoms with Gasteiger partial charge in [0.05, 0.1) is 5.56 Å². The summed E-state index contributed by atoms with van der Waals surface area (Å²) in [4.78, 5) is 12.9.